The van der Waals surface area contributed by atoms with Crippen LogP contribution in [-0.2, 0) is 25.7 Å². The molecule has 1 unspecified atom stereocenters. The van der Waals surface area contributed by atoms with E-state index in [1.165, 1.54) is 24.5 Å². The number of rotatable bonds is 8. The number of esters is 1. The third-order valence-electron chi connectivity index (χ3n) is 4.71. The maximum Gasteiger partial charge on any atom is 0.310 e. The molecule has 0 spiro atoms. The molecule has 3 aromatic rings. The molecule has 0 bridgehead atoms. The van der Waals surface area contributed by atoms with E-state index in [-0.39, 0.29) is 28.2 Å². The van der Waals surface area contributed by atoms with Crippen molar-refractivity contribution in [3.8, 4) is 5.75 Å². The molecule has 0 fully saturated rings. The summed E-state index contributed by atoms with van der Waals surface area (Å²) in [6.07, 6.45) is 1.58. The SMILES string of the molecule is CCC(=O)Oc1cncc(C(O)c2ccc(Cl)cc2)c1COS(=O)(=O)c1ccc(C)cc1. The molecule has 0 aliphatic carbocycles. The summed E-state index contributed by atoms with van der Waals surface area (Å²) in [6.45, 7) is 3.00. The molecule has 7 nitrogen and oxygen atoms in total. The third-order valence-corrected chi connectivity index (χ3v) is 6.24. The van der Waals surface area contributed by atoms with Gasteiger partial charge in [0.25, 0.3) is 10.1 Å². The number of benzene rings is 2. The Labute approximate surface area is 191 Å². The number of hydrogen-bond donors (Lipinski definition) is 1. The molecule has 9 heteroatoms. The smallest absolute Gasteiger partial charge is 0.310 e. The summed E-state index contributed by atoms with van der Waals surface area (Å²) in [5.74, 6) is -0.519. The number of carbonyl (C=O) groups excluding carboxylic acids is 1. The molecule has 168 valence electrons. The van der Waals surface area contributed by atoms with E-state index in [1.807, 2.05) is 6.92 Å². The summed E-state index contributed by atoms with van der Waals surface area (Å²) in [7, 11) is -4.10. The average molecular weight is 476 g/mol. The lowest BCUT2D eigenvalue weighted by Crippen LogP contribution is -2.14. The van der Waals surface area contributed by atoms with E-state index >= 15 is 0 Å². The number of halogens is 1. The number of aryl methyl sites for hydroxylation is 1. The van der Waals surface area contributed by atoms with Gasteiger partial charge in [-0.25, -0.2) is 0 Å². The number of carbonyl (C=O) groups is 1. The standard InChI is InChI=1S/C23H22ClNO6S/c1-3-22(26)31-21-13-25-12-19(23(27)16-6-8-17(24)9-7-16)20(21)14-30-32(28,29)18-10-4-15(2)5-11-18/h4-13,23,27H,3,14H2,1-2H3. The van der Waals surface area contributed by atoms with Crippen molar-refractivity contribution in [2.45, 2.75) is 37.9 Å². The molecule has 32 heavy (non-hydrogen) atoms. The largest absolute Gasteiger partial charge is 0.424 e. The summed E-state index contributed by atoms with van der Waals surface area (Å²) in [6, 6.07) is 12.7. The van der Waals surface area contributed by atoms with Gasteiger partial charge in [-0.1, -0.05) is 48.4 Å². The first-order valence-electron chi connectivity index (χ1n) is 9.78. The zero-order chi connectivity index (χ0) is 23.3. The zero-order valence-corrected chi connectivity index (χ0v) is 19.1. The van der Waals surface area contributed by atoms with Crippen LogP contribution in [0, 0.1) is 6.92 Å². The Hall–Kier alpha value is -2.78. The lowest BCUT2D eigenvalue weighted by molar-refractivity contribution is -0.134. The minimum atomic E-state index is -4.10. The van der Waals surface area contributed by atoms with Crippen LogP contribution in [0.15, 0.2) is 65.8 Å². The maximum atomic E-state index is 12.7. The van der Waals surface area contributed by atoms with Crippen LogP contribution in [-0.4, -0.2) is 24.5 Å². The molecule has 0 amide bonds. The fourth-order valence-corrected chi connectivity index (χ4v) is 3.89. The van der Waals surface area contributed by atoms with Gasteiger partial charge in [0, 0.05) is 28.8 Å². The molecule has 0 saturated heterocycles. The zero-order valence-electron chi connectivity index (χ0n) is 17.5. The quantitative estimate of drug-likeness (QED) is 0.381. The highest BCUT2D eigenvalue weighted by Gasteiger charge is 2.23. The highest BCUT2D eigenvalue weighted by Crippen LogP contribution is 2.32. The Morgan fingerprint density at radius 1 is 1.09 bits per heavy atom. The van der Waals surface area contributed by atoms with Crippen molar-refractivity contribution >= 4 is 27.7 Å². The molecule has 0 aliphatic rings. The van der Waals surface area contributed by atoms with Gasteiger partial charge >= 0.3 is 5.97 Å². The van der Waals surface area contributed by atoms with Crippen LogP contribution in [0.2, 0.25) is 5.02 Å². The van der Waals surface area contributed by atoms with Crippen molar-refractivity contribution in [2.75, 3.05) is 0 Å². The number of aliphatic hydroxyl groups excluding tert-OH is 1. The van der Waals surface area contributed by atoms with Crippen LogP contribution in [0.1, 0.15) is 41.7 Å². The first kappa shape index (κ1) is 23.9. The Morgan fingerprint density at radius 2 is 1.75 bits per heavy atom. The first-order chi connectivity index (χ1) is 15.2. The highest BCUT2D eigenvalue weighted by atomic mass is 35.5. The molecule has 0 radical (unpaired) electrons. The monoisotopic (exact) mass is 475 g/mol. The van der Waals surface area contributed by atoms with E-state index in [4.69, 9.17) is 20.5 Å². The molecule has 1 atom stereocenters. The van der Waals surface area contributed by atoms with Crippen molar-refractivity contribution < 1.29 is 27.2 Å². The van der Waals surface area contributed by atoms with Gasteiger partial charge in [-0.15, -0.1) is 0 Å². The van der Waals surface area contributed by atoms with E-state index in [1.54, 1.807) is 43.3 Å². The van der Waals surface area contributed by atoms with E-state index in [2.05, 4.69) is 4.98 Å². The number of aliphatic hydroxyl groups is 1. The number of hydrogen-bond acceptors (Lipinski definition) is 7. The van der Waals surface area contributed by atoms with E-state index in [9.17, 15) is 18.3 Å². The fourth-order valence-electron chi connectivity index (χ4n) is 2.89. The van der Waals surface area contributed by atoms with Crippen LogP contribution in [0.25, 0.3) is 0 Å². The molecule has 0 saturated carbocycles. The first-order valence-corrected chi connectivity index (χ1v) is 11.6. The molecule has 1 aromatic heterocycles. The van der Waals surface area contributed by atoms with E-state index in [0.29, 0.717) is 10.6 Å². The van der Waals surface area contributed by atoms with Gasteiger partial charge in [-0.3, -0.25) is 14.0 Å². The molecule has 1 heterocycles. The van der Waals surface area contributed by atoms with Gasteiger partial charge in [-0.2, -0.15) is 8.42 Å². The normalized spacial score (nSPS) is 12.4. The van der Waals surface area contributed by atoms with Crippen molar-refractivity contribution in [2.24, 2.45) is 0 Å². The number of aromatic nitrogens is 1. The van der Waals surface area contributed by atoms with Gasteiger partial charge in [0.1, 0.15) is 6.10 Å². The molecule has 2 aromatic carbocycles. The lowest BCUT2D eigenvalue weighted by Gasteiger charge is -2.18. The summed E-state index contributed by atoms with van der Waals surface area (Å²) in [4.78, 5) is 15.9. The molecule has 0 aliphatic heterocycles. The van der Waals surface area contributed by atoms with E-state index < -0.39 is 28.8 Å². The van der Waals surface area contributed by atoms with Gasteiger partial charge in [0.15, 0.2) is 5.75 Å². The lowest BCUT2D eigenvalue weighted by atomic mass is 9.98. The Balaban J connectivity index is 1.98. The van der Waals surface area contributed by atoms with Gasteiger partial charge in [-0.05, 0) is 36.8 Å². The molecular weight excluding hydrogens is 454 g/mol. The molecule has 1 N–H and O–H groups in total. The van der Waals surface area contributed by atoms with Crippen LogP contribution in [0.4, 0.5) is 0 Å². The van der Waals surface area contributed by atoms with E-state index in [0.717, 1.165) is 5.56 Å². The third kappa shape index (κ3) is 5.72. The summed E-state index contributed by atoms with van der Waals surface area (Å²) < 4.78 is 35.9. The van der Waals surface area contributed by atoms with Crippen LogP contribution in [0.5, 0.6) is 5.75 Å². The van der Waals surface area contributed by atoms with Crippen LogP contribution >= 0.6 is 11.6 Å². The Morgan fingerprint density at radius 3 is 2.38 bits per heavy atom. The highest BCUT2D eigenvalue weighted by molar-refractivity contribution is 7.86. The van der Waals surface area contributed by atoms with Gasteiger partial charge < -0.3 is 9.84 Å². The second-order valence-corrected chi connectivity index (χ2v) is 9.07. The Kier molecular flexibility index (Phi) is 7.63. The van der Waals surface area contributed by atoms with Gasteiger partial charge in [0.05, 0.1) is 17.7 Å². The molecular formula is C23H22ClNO6S. The predicted octanol–water partition coefficient (Wildman–Crippen LogP) is 4.35. The fraction of sp³-hybridized carbons (Fsp3) is 0.217. The minimum absolute atomic E-state index is 0.0101. The summed E-state index contributed by atoms with van der Waals surface area (Å²) >= 11 is 5.92. The average Bonchev–Trinajstić information content (AvgIpc) is 2.78. The predicted molar refractivity (Wildman–Crippen MR) is 119 cm³/mol. The summed E-state index contributed by atoms with van der Waals surface area (Å²) in [5, 5.41) is 11.4. The van der Waals surface area contributed by atoms with Crippen molar-refractivity contribution in [3.05, 3.63) is 88.2 Å². The maximum absolute atomic E-state index is 12.7. The van der Waals surface area contributed by atoms with Crippen molar-refractivity contribution in [3.63, 3.8) is 0 Å². The molecule has 3 rings (SSSR count). The van der Waals surface area contributed by atoms with Crippen LogP contribution in [0.3, 0.4) is 0 Å². The van der Waals surface area contributed by atoms with Gasteiger partial charge in [0.2, 0.25) is 0 Å². The minimum Gasteiger partial charge on any atom is -0.424 e. The van der Waals surface area contributed by atoms with Crippen molar-refractivity contribution in [1.82, 2.24) is 4.98 Å². The summed E-state index contributed by atoms with van der Waals surface area (Å²) in [5.41, 5.74) is 1.84. The number of ether oxygens (including phenoxy) is 1. The second-order valence-electron chi connectivity index (χ2n) is 7.02. The number of nitrogens with zero attached hydrogens (tertiary/aromatic N) is 1. The number of pyridine rings is 1. The topological polar surface area (TPSA) is 103 Å². The van der Waals surface area contributed by atoms with Crippen LogP contribution < -0.4 is 4.74 Å². The van der Waals surface area contributed by atoms with Crippen molar-refractivity contribution in [1.29, 1.82) is 0 Å². The Bertz CT molecular complexity index is 1190. The second kappa shape index (κ2) is 10.2.